The Kier molecular flexibility index (Phi) is 5.78. The lowest BCUT2D eigenvalue weighted by atomic mass is 9.87. The predicted octanol–water partition coefficient (Wildman–Crippen LogP) is 4.49. The van der Waals surface area contributed by atoms with Crippen LogP contribution in [-0.4, -0.2) is 17.7 Å². The zero-order valence-electron chi connectivity index (χ0n) is 12.5. The summed E-state index contributed by atoms with van der Waals surface area (Å²) in [7, 11) is 0. The average molecular weight is 331 g/mol. The quantitative estimate of drug-likeness (QED) is 0.824. The second-order valence-electron chi connectivity index (χ2n) is 5.84. The molecule has 122 valence electrons. The van der Waals surface area contributed by atoms with E-state index < -0.39 is 11.7 Å². The molecule has 0 bridgehead atoms. The molecule has 1 saturated carbocycles. The molecule has 0 spiro atoms. The molecular weight excluding hydrogens is 311 g/mol. The highest BCUT2D eigenvalue weighted by molar-refractivity contribution is 8.00. The Balaban J connectivity index is 1.81. The average Bonchev–Trinajstić information content (AvgIpc) is 2.47. The van der Waals surface area contributed by atoms with Gasteiger partial charge in [-0.1, -0.05) is 13.0 Å². The van der Waals surface area contributed by atoms with Crippen LogP contribution in [0.3, 0.4) is 0 Å². The second kappa shape index (κ2) is 7.40. The maximum absolute atomic E-state index is 12.6. The smallest absolute Gasteiger partial charge is 0.353 e. The molecule has 2 nitrogen and oxygen atoms in total. The molecule has 1 fully saturated rings. The van der Waals surface area contributed by atoms with Gasteiger partial charge in [0.15, 0.2) is 0 Å². The molecule has 2 rings (SSSR count). The molecule has 1 N–H and O–H groups in total. The molecule has 1 aliphatic carbocycles. The SMILES string of the molecule is CC1CCC(NC(=O)CSc2cccc(C(F)(F)F)c2)CC1. The van der Waals surface area contributed by atoms with Crippen LogP contribution in [0.15, 0.2) is 29.2 Å². The minimum Gasteiger partial charge on any atom is -0.353 e. The molecule has 0 saturated heterocycles. The third-order valence-corrected chi connectivity index (χ3v) is 4.91. The topological polar surface area (TPSA) is 29.1 Å². The van der Waals surface area contributed by atoms with E-state index in [0.717, 1.165) is 49.6 Å². The zero-order chi connectivity index (χ0) is 16.2. The summed E-state index contributed by atoms with van der Waals surface area (Å²) in [6.07, 6.45) is -0.142. The van der Waals surface area contributed by atoms with Crippen LogP contribution in [0.2, 0.25) is 0 Å². The van der Waals surface area contributed by atoms with Crippen molar-refractivity contribution < 1.29 is 18.0 Å². The van der Waals surface area contributed by atoms with Gasteiger partial charge in [-0.3, -0.25) is 4.79 Å². The van der Waals surface area contributed by atoms with Crippen LogP contribution in [-0.2, 0) is 11.0 Å². The lowest BCUT2D eigenvalue weighted by molar-refractivity contribution is -0.137. The molecule has 0 radical (unpaired) electrons. The summed E-state index contributed by atoms with van der Waals surface area (Å²) < 4.78 is 37.9. The number of alkyl halides is 3. The van der Waals surface area contributed by atoms with Gasteiger partial charge < -0.3 is 5.32 Å². The Morgan fingerprint density at radius 3 is 2.59 bits per heavy atom. The van der Waals surface area contributed by atoms with Gasteiger partial charge in [0.1, 0.15) is 0 Å². The van der Waals surface area contributed by atoms with Crippen LogP contribution in [0.4, 0.5) is 13.2 Å². The second-order valence-corrected chi connectivity index (χ2v) is 6.89. The molecule has 1 aromatic carbocycles. The van der Waals surface area contributed by atoms with Crippen molar-refractivity contribution in [2.24, 2.45) is 5.92 Å². The minimum absolute atomic E-state index is 0.109. The highest BCUT2D eigenvalue weighted by atomic mass is 32.2. The third-order valence-electron chi connectivity index (χ3n) is 3.91. The summed E-state index contributed by atoms with van der Waals surface area (Å²) >= 11 is 1.14. The summed E-state index contributed by atoms with van der Waals surface area (Å²) in [4.78, 5) is 12.4. The van der Waals surface area contributed by atoms with Gasteiger partial charge >= 0.3 is 6.18 Å². The van der Waals surface area contributed by atoms with Crippen molar-refractivity contribution in [3.05, 3.63) is 29.8 Å². The van der Waals surface area contributed by atoms with Gasteiger partial charge in [-0.15, -0.1) is 11.8 Å². The lowest BCUT2D eigenvalue weighted by Gasteiger charge is -2.26. The highest BCUT2D eigenvalue weighted by Gasteiger charge is 2.30. The summed E-state index contributed by atoms with van der Waals surface area (Å²) in [5, 5.41) is 2.97. The maximum Gasteiger partial charge on any atom is 0.416 e. The largest absolute Gasteiger partial charge is 0.416 e. The highest BCUT2D eigenvalue weighted by Crippen LogP contribution is 2.31. The Morgan fingerprint density at radius 2 is 1.95 bits per heavy atom. The van der Waals surface area contributed by atoms with Gasteiger partial charge in [0.05, 0.1) is 11.3 Å². The van der Waals surface area contributed by atoms with E-state index in [9.17, 15) is 18.0 Å². The van der Waals surface area contributed by atoms with E-state index in [4.69, 9.17) is 0 Å². The van der Waals surface area contributed by atoms with Crippen molar-refractivity contribution in [2.45, 2.75) is 49.7 Å². The van der Waals surface area contributed by atoms with E-state index in [1.165, 1.54) is 6.07 Å². The van der Waals surface area contributed by atoms with Crippen LogP contribution in [0.25, 0.3) is 0 Å². The number of carbonyl (C=O) groups is 1. The molecule has 0 heterocycles. The fourth-order valence-corrected chi connectivity index (χ4v) is 3.35. The van der Waals surface area contributed by atoms with E-state index in [0.29, 0.717) is 10.8 Å². The van der Waals surface area contributed by atoms with Crippen molar-refractivity contribution in [3.63, 3.8) is 0 Å². The van der Waals surface area contributed by atoms with E-state index in [1.807, 2.05) is 0 Å². The summed E-state index contributed by atoms with van der Waals surface area (Å²) in [5.41, 5.74) is -0.681. The zero-order valence-corrected chi connectivity index (χ0v) is 13.3. The number of amides is 1. The van der Waals surface area contributed by atoms with Crippen LogP contribution < -0.4 is 5.32 Å². The van der Waals surface area contributed by atoms with E-state index in [2.05, 4.69) is 12.2 Å². The Bertz CT molecular complexity index is 510. The molecule has 0 aromatic heterocycles. The monoisotopic (exact) mass is 331 g/mol. The number of hydrogen-bond acceptors (Lipinski definition) is 2. The van der Waals surface area contributed by atoms with Gasteiger partial charge in [-0.2, -0.15) is 13.2 Å². The van der Waals surface area contributed by atoms with Gasteiger partial charge in [0.25, 0.3) is 0 Å². The maximum atomic E-state index is 12.6. The molecule has 1 aromatic rings. The number of carbonyl (C=O) groups excluding carboxylic acids is 1. The number of halogens is 3. The number of rotatable bonds is 4. The van der Waals surface area contributed by atoms with E-state index in [1.54, 1.807) is 6.07 Å². The Labute approximate surface area is 132 Å². The summed E-state index contributed by atoms with van der Waals surface area (Å²) in [6.45, 7) is 2.21. The molecule has 1 aliphatic rings. The molecule has 1 amide bonds. The number of benzene rings is 1. The summed E-state index contributed by atoms with van der Waals surface area (Å²) in [5.74, 6) is 0.752. The first-order valence-electron chi connectivity index (χ1n) is 7.44. The standard InChI is InChI=1S/C16H20F3NOS/c1-11-5-7-13(8-6-11)20-15(21)10-22-14-4-2-3-12(9-14)16(17,18)19/h2-4,9,11,13H,5-8,10H2,1H3,(H,20,21). The molecule has 22 heavy (non-hydrogen) atoms. The van der Waals surface area contributed by atoms with Crippen LogP contribution in [0.5, 0.6) is 0 Å². The fraction of sp³-hybridized carbons (Fsp3) is 0.562. The van der Waals surface area contributed by atoms with Gasteiger partial charge in [-0.25, -0.2) is 0 Å². The minimum atomic E-state index is -4.35. The van der Waals surface area contributed by atoms with Gasteiger partial charge in [0, 0.05) is 10.9 Å². The van der Waals surface area contributed by atoms with Crippen molar-refractivity contribution in [1.29, 1.82) is 0 Å². The normalized spacial score (nSPS) is 22.4. The van der Waals surface area contributed by atoms with E-state index >= 15 is 0 Å². The van der Waals surface area contributed by atoms with E-state index in [-0.39, 0.29) is 17.7 Å². The first-order chi connectivity index (χ1) is 10.3. The Hall–Kier alpha value is -1.17. The fourth-order valence-electron chi connectivity index (χ4n) is 2.58. The number of nitrogens with one attached hydrogen (secondary N) is 1. The first-order valence-corrected chi connectivity index (χ1v) is 8.42. The number of hydrogen-bond donors (Lipinski definition) is 1. The molecule has 0 unspecified atom stereocenters. The third kappa shape index (κ3) is 5.23. The predicted molar refractivity (Wildman–Crippen MR) is 81.7 cm³/mol. The van der Waals surface area contributed by atoms with Crippen molar-refractivity contribution in [3.8, 4) is 0 Å². The molecular formula is C16H20F3NOS. The van der Waals surface area contributed by atoms with Crippen molar-refractivity contribution >= 4 is 17.7 Å². The molecule has 0 aliphatic heterocycles. The first kappa shape index (κ1) is 17.2. The summed E-state index contributed by atoms with van der Waals surface area (Å²) in [6, 6.07) is 5.29. The molecule has 0 atom stereocenters. The van der Waals surface area contributed by atoms with Crippen LogP contribution >= 0.6 is 11.8 Å². The molecule has 6 heteroatoms. The van der Waals surface area contributed by atoms with Crippen molar-refractivity contribution in [2.75, 3.05) is 5.75 Å². The van der Waals surface area contributed by atoms with Crippen LogP contribution in [0.1, 0.15) is 38.2 Å². The number of thioether (sulfide) groups is 1. The van der Waals surface area contributed by atoms with Gasteiger partial charge in [0.2, 0.25) is 5.91 Å². The lowest BCUT2D eigenvalue weighted by Crippen LogP contribution is -2.38. The Morgan fingerprint density at radius 1 is 1.27 bits per heavy atom. The van der Waals surface area contributed by atoms with Gasteiger partial charge in [-0.05, 0) is 49.8 Å². The van der Waals surface area contributed by atoms with Crippen molar-refractivity contribution in [1.82, 2.24) is 5.32 Å². The van der Waals surface area contributed by atoms with Crippen LogP contribution in [0, 0.1) is 5.92 Å².